The summed E-state index contributed by atoms with van der Waals surface area (Å²) in [5.74, 6) is 0. The van der Waals surface area contributed by atoms with Crippen LogP contribution in [0.15, 0.2) is 18.6 Å². The molecule has 2 nitrogen and oxygen atoms in total. The standard InChI is InChI=1S/C8H11N2/c1-2-3-4-8-7-9-5-6-10-8/h4-7H,2-3H2,1H3. The van der Waals surface area contributed by atoms with E-state index >= 15 is 0 Å². The fourth-order valence-corrected chi connectivity index (χ4v) is 0.708. The minimum absolute atomic E-state index is 0.976. The third-order valence-corrected chi connectivity index (χ3v) is 1.23. The molecule has 2 heteroatoms. The fourth-order valence-electron chi connectivity index (χ4n) is 0.708. The highest BCUT2D eigenvalue weighted by Crippen LogP contribution is 2.00. The Morgan fingerprint density at radius 1 is 1.50 bits per heavy atom. The van der Waals surface area contributed by atoms with Crippen molar-refractivity contribution < 1.29 is 0 Å². The number of hydrogen-bond acceptors (Lipinski definition) is 2. The highest BCUT2D eigenvalue weighted by Gasteiger charge is 1.90. The SMILES string of the molecule is CCC[CH]c1cnccn1. The average Bonchev–Trinajstić information content (AvgIpc) is 2.03. The molecule has 1 rings (SSSR count). The van der Waals surface area contributed by atoms with Gasteiger partial charge in [0.1, 0.15) is 0 Å². The van der Waals surface area contributed by atoms with Crippen LogP contribution in [-0.2, 0) is 0 Å². The van der Waals surface area contributed by atoms with Crippen molar-refractivity contribution in [1.82, 2.24) is 9.97 Å². The molecule has 0 bridgehead atoms. The van der Waals surface area contributed by atoms with Gasteiger partial charge in [-0.25, -0.2) is 0 Å². The first kappa shape index (κ1) is 7.19. The largest absolute Gasteiger partial charge is 0.261 e. The van der Waals surface area contributed by atoms with Gasteiger partial charge in [0.05, 0.1) is 5.69 Å². The molecule has 0 N–H and O–H groups in total. The van der Waals surface area contributed by atoms with Crippen LogP contribution >= 0.6 is 0 Å². The van der Waals surface area contributed by atoms with Crippen LogP contribution in [0.3, 0.4) is 0 Å². The molecule has 1 heterocycles. The van der Waals surface area contributed by atoms with E-state index in [1.54, 1.807) is 18.6 Å². The highest BCUT2D eigenvalue weighted by molar-refractivity contribution is 5.06. The Morgan fingerprint density at radius 3 is 3.00 bits per heavy atom. The second kappa shape index (κ2) is 3.99. The zero-order chi connectivity index (χ0) is 7.23. The number of unbranched alkanes of at least 4 members (excludes halogenated alkanes) is 1. The summed E-state index contributed by atoms with van der Waals surface area (Å²) < 4.78 is 0. The molecule has 1 aromatic rings. The molecular formula is C8H11N2. The Bertz CT molecular complexity index is 172. The van der Waals surface area contributed by atoms with E-state index in [2.05, 4.69) is 23.3 Å². The van der Waals surface area contributed by atoms with E-state index in [-0.39, 0.29) is 0 Å². The molecular weight excluding hydrogens is 124 g/mol. The third kappa shape index (κ3) is 2.13. The lowest BCUT2D eigenvalue weighted by Crippen LogP contribution is -1.86. The van der Waals surface area contributed by atoms with Crippen molar-refractivity contribution in [2.75, 3.05) is 0 Å². The molecule has 0 aromatic carbocycles. The van der Waals surface area contributed by atoms with Crippen molar-refractivity contribution in [3.05, 3.63) is 30.7 Å². The molecule has 0 unspecified atom stereocenters. The summed E-state index contributed by atoms with van der Waals surface area (Å²) >= 11 is 0. The molecule has 53 valence electrons. The first-order chi connectivity index (χ1) is 4.93. The molecule has 0 aliphatic rings. The molecule has 1 aromatic heterocycles. The topological polar surface area (TPSA) is 25.8 Å². The quantitative estimate of drug-likeness (QED) is 0.631. The molecule has 0 fully saturated rings. The summed E-state index contributed by atoms with van der Waals surface area (Å²) in [5, 5.41) is 0. The van der Waals surface area contributed by atoms with Crippen LogP contribution in [0.4, 0.5) is 0 Å². The van der Waals surface area contributed by atoms with Gasteiger partial charge in [0.15, 0.2) is 0 Å². The van der Waals surface area contributed by atoms with E-state index in [9.17, 15) is 0 Å². The zero-order valence-electron chi connectivity index (χ0n) is 6.12. The van der Waals surface area contributed by atoms with Gasteiger partial charge >= 0.3 is 0 Å². The zero-order valence-corrected chi connectivity index (χ0v) is 6.12. The Labute approximate surface area is 61.3 Å². The van der Waals surface area contributed by atoms with Gasteiger partial charge in [0.2, 0.25) is 0 Å². The van der Waals surface area contributed by atoms with E-state index in [1.807, 2.05) is 0 Å². The Hall–Kier alpha value is -0.920. The molecule has 0 amide bonds. The van der Waals surface area contributed by atoms with Crippen LogP contribution in [-0.4, -0.2) is 9.97 Å². The van der Waals surface area contributed by atoms with Crippen molar-refractivity contribution >= 4 is 0 Å². The predicted octanol–water partition coefficient (Wildman–Crippen LogP) is 1.83. The minimum Gasteiger partial charge on any atom is -0.261 e. The maximum absolute atomic E-state index is 4.10. The van der Waals surface area contributed by atoms with Gasteiger partial charge in [-0.05, 0) is 6.42 Å². The smallest absolute Gasteiger partial charge is 0.0624 e. The third-order valence-electron chi connectivity index (χ3n) is 1.23. The van der Waals surface area contributed by atoms with Gasteiger partial charge in [-0.15, -0.1) is 0 Å². The second-order valence-electron chi connectivity index (χ2n) is 2.12. The van der Waals surface area contributed by atoms with E-state index in [0.717, 1.165) is 18.5 Å². The summed E-state index contributed by atoms with van der Waals surface area (Å²) in [6.45, 7) is 2.15. The summed E-state index contributed by atoms with van der Waals surface area (Å²) in [7, 11) is 0. The Morgan fingerprint density at radius 2 is 2.40 bits per heavy atom. The molecule has 0 aliphatic carbocycles. The second-order valence-corrected chi connectivity index (χ2v) is 2.12. The number of hydrogen-bond donors (Lipinski definition) is 0. The number of nitrogens with zero attached hydrogens (tertiary/aromatic N) is 2. The monoisotopic (exact) mass is 135 g/mol. The maximum atomic E-state index is 4.10. The normalized spacial score (nSPS) is 9.70. The van der Waals surface area contributed by atoms with Crippen molar-refractivity contribution in [2.24, 2.45) is 0 Å². The summed E-state index contributed by atoms with van der Waals surface area (Å²) in [6, 6.07) is 0. The van der Waals surface area contributed by atoms with Crippen LogP contribution < -0.4 is 0 Å². The van der Waals surface area contributed by atoms with E-state index in [4.69, 9.17) is 0 Å². The lowest BCUT2D eigenvalue weighted by molar-refractivity contribution is 0.896. The highest BCUT2D eigenvalue weighted by atomic mass is 14.8. The van der Waals surface area contributed by atoms with Crippen LogP contribution in [0.1, 0.15) is 25.5 Å². The van der Waals surface area contributed by atoms with E-state index < -0.39 is 0 Å². The summed E-state index contributed by atoms with van der Waals surface area (Å²) in [5.41, 5.74) is 0.976. The van der Waals surface area contributed by atoms with Gasteiger partial charge in [-0.3, -0.25) is 9.97 Å². The van der Waals surface area contributed by atoms with Crippen molar-refractivity contribution in [2.45, 2.75) is 19.8 Å². The van der Waals surface area contributed by atoms with Gasteiger partial charge < -0.3 is 0 Å². The van der Waals surface area contributed by atoms with Crippen molar-refractivity contribution in [1.29, 1.82) is 0 Å². The molecule has 0 atom stereocenters. The summed E-state index contributed by atoms with van der Waals surface area (Å²) in [4.78, 5) is 8.04. The first-order valence-electron chi connectivity index (χ1n) is 3.52. The molecule has 0 spiro atoms. The predicted molar refractivity (Wildman–Crippen MR) is 40.3 cm³/mol. The fraction of sp³-hybridized carbons (Fsp3) is 0.375. The average molecular weight is 135 g/mol. The lowest BCUT2D eigenvalue weighted by Gasteiger charge is -1.94. The Kier molecular flexibility index (Phi) is 2.87. The number of rotatable bonds is 3. The molecule has 1 radical (unpaired) electrons. The van der Waals surface area contributed by atoms with Crippen LogP contribution in [0, 0.1) is 6.42 Å². The van der Waals surface area contributed by atoms with Gasteiger partial charge in [0.25, 0.3) is 0 Å². The molecule has 0 aliphatic heterocycles. The van der Waals surface area contributed by atoms with Crippen molar-refractivity contribution in [3.63, 3.8) is 0 Å². The molecule has 10 heavy (non-hydrogen) atoms. The molecule has 0 saturated carbocycles. The van der Waals surface area contributed by atoms with Gasteiger partial charge in [0, 0.05) is 25.0 Å². The molecule has 0 saturated heterocycles. The Balaban J connectivity index is 2.43. The van der Waals surface area contributed by atoms with Crippen LogP contribution in [0.2, 0.25) is 0 Å². The van der Waals surface area contributed by atoms with Crippen LogP contribution in [0.5, 0.6) is 0 Å². The maximum Gasteiger partial charge on any atom is 0.0624 e. The lowest BCUT2D eigenvalue weighted by atomic mass is 10.2. The van der Waals surface area contributed by atoms with Crippen LogP contribution in [0.25, 0.3) is 0 Å². The van der Waals surface area contributed by atoms with Crippen molar-refractivity contribution in [3.8, 4) is 0 Å². The van der Waals surface area contributed by atoms with Gasteiger partial charge in [-0.1, -0.05) is 13.3 Å². The van der Waals surface area contributed by atoms with E-state index in [0.29, 0.717) is 0 Å². The van der Waals surface area contributed by atoms with Gasteiger partial charge in [-0.2, -0.15) is 0 Å². The summed E-state index contributed by atoms with van der Waals surface area (Å²) in [6.07, 6.45) is 9.50. The van der Waals surface area contributed by atoms with E-state index in [1.165, 1.54) is 0 Å². The first-order valence-corrected chi connectivity index (χ1v) is 3.52. The minimum atomic E-state index is 0.976. The number of aromatic nitrogens is 2.